The van der Waals surface area contributed by atoms with E-state index in [-0.39, 0.29) is 6.01 Å². The molecule has 0 spiro atoms. The molecule has 1 aromatic heterocycles. The van der Waals surface area contributed by atoms with Crippen molar-refractivity contribution in [3.05, 3.63) is 18.5 Å². The van der Waals surface area contributed by atoms with Crippen LogP contribution >= 0.6 is 0 Å². The van der Waals surface area contributed by atoms with Gasteiger partial charge in [-0.25, -0.2) is 9.97 Å². The predicted molar refractivity (Wildman–Crippen MR) is 39.2 cm³/mol. The quantitative estimate of drug-likeness (QED) is 0.674. The van der Waals surface area contributed by atoms with Gasteiger partial charge in [0.2, 0.25) is 6.29 Å². The Balaban J connectivity index is 2.41. The van der Waals surface area contributed by atoms with Gasteiger partial charge in [-0.1, -0.05) is 0 Å². The molecule has 1 aromatic rings. The Hall–Kier alpha value is -1.30. The van der Waals surface area contributed by atoms with E-state index in [1.54, 1.807) is 6.07 Å². The van der Waals surface area contributed by atoms with Crippen molar-refractivity contribution < 1.29 is 18.3 Å². The summed E-state index contributed by atoms with van der Waals surface area (Å²) in [6, 6.07) is 1.60. The third-order valence-corrected chi connectivity index (χ3v) is 1.11. The Morgan fingerprint density at radius 2 is 1.92 bits per heavy atom. The van der Waals surface area contributed by atoms with Crippen molar-refractivity contribution in [2.75, 3.05) is 0 Å². The Morgan fingerprint density at radius 3 is 2.46 bits per heavy atom. The van der Waals surface area contributed by atoms with Crippen molar-refractivity contribution in [3.8, 4) is 6.01 Å². The maximum atomic E-state index is 11.6. The molecule has 13 heavy (non-hydrogen) atoms. The summed E-state index contributed by atoms with van der Waals surface area (Å²) in [5, 5.41) is 0. The van der Waals surface area contributed by atoms with Crippen LogP contribution in [0.5, 0.6) is 6.01 Å². The molecule has 1 unspecified atom stereocenters. The van der Waals surface area contributed by atoms with Gasteiger partial charge in [-0.15, -0.1) is 0 Å². The molecule has 6 heteroatoms. The van der Waals surface area contributed by atoms with Crippen LogP contribution in [0.4, 0.5) is 8.78 Å². The summed E-state index contributed by atoms with van der Waals surface area (Å²) in [5.41, 5.74) is 0. The fraction of sp³-hybridized carbons (Fsp3) is 0.429. The minimum atomic E-state index is -2.86. The molecule has 0 fully saturated rings. The van der Waals surface area contributed by atoms with Crippen LogP contribution in [0.1, 0.15) is 6.92 Å². The van der Waals surface area contributed by atoms with Gasteiger partial charge in [-0.2, -0.15) is 8.78 Å². The number of rotatable bonds is 4. The summed E-state index contributed by atoms with van der Waals surface area (Å²) in [5.74, 6) is 0. The molecule has 1 heterocycles. The van der Waals surface area contributed by atoms with Gasteiger partial charge in [-0.05, 0) is 13.0 Å². The Morgan fingerprint density at radius 1 is 1.31 bits per heavy atom. The number of hydrogen-bond acceptors (Lipinski definition) is 4. The zero-order chi connectivity index (χ0) is 9.68. The number of halogens is 2. The van der Waals surface area contributed by atoms with Crippen molar-refractivity contribution >= 4 is 0 Å². The van der Waals surface area contributed by atoms with Gasteiger partial charge < -0.3 is 4.74 Å². The third-order valence-electron chi connectivity index (χ3n) is 1.11. The van der Waals surface area contributed by atoms with Crippen LogP contribution in [-0.4, -0.2) is 22.9 Å². The first kappa shape index (κ1) is 9.79. The van der Waals surface area contributed by atoms with E-state index in [0.717, 1.165) is 0 Å². The molecule has 0 saturated carbocycles. The number of aromatic nitrogens is 2. The van der Waals surface area contributed by atoms with E-state index in [0.29, 0.717) is 0 Å². The Labute approximate surface area is 73.5 Å². The lowest BCUT2D eigenvalue weighted by molar-refractivity contribution is -0.211. The summed E-state index contributed by atoms with van der Waals surface area (Å²) in [6.45, 7) is -1.53. The number of hydrogen-bond donors (Lipinski definition) is 0. The van der Waals surface area contributed by atoms with Crippen LogP contribution in [0.2, 0.25) is 0 Å². The highest BCUT2D eigenvalue weighted by molar-refractivity contribution is 4.93. The van der Waals surface area contributed by atoms with Crippen molar-refractivity contribution in [2.24, 2.45) is 0 Å². The SMILES string of the molecule is CC(Oc1ncccn1)OC(F)F. The molecule has 72 valence electrons. The second-order valence-corrected chi connectivity index (χ2v) is 2.11. The van der Waals surface area contributed by atoms with E-state index in [9.17, 15) is 8.78 Å². The highest BCUT2D eigenvalue weighted by Crippen LogP contribution is 2.06. The molecular weight excluding hydrogens is 182 g/mol. The van der Waals surface area contributed by atoms with E-state index in [1.807, 2.05) is 0 Å². The molecule has 0 aliphatic rings. The van der Waals surface area contributed by atoms with Gasteiger partial charge in [0.25, 0.3) is 0 Å². The first-order valence-corrected chi connectivity index (χ1v) is 3.56. The molecular formula is C7H8F2N2O2. The molecule has 0 aromatic carbocycles. The lowest BCUT2D eigenvalue weighted by atomic mass is 10.7. The standard InChI is InChI=1S/C7H8F2N2O2/c1-5(12-6(8)9)13-7-10-3-2-4-11-7/h2-6H,1H3. The molecule has 1 rings (SSSR count). The molecule has 0 bridgehead atoms. The average molecular weight is 190 g/mol. The maximum Gasteiger partial charge on any atom is 0.348 e. The second kappa shape index (κ2) is 4.66. The van der Waals surface area contributed by atoms with Crippen LogP contribution in [0.3, 0.4) is 0 Å². The summed E-state index contributed by atoms with van der Waals surface area (Å²) in [7, 11) is 0. The van der Waals surface area contributed by atoms with Crippen LogP contribution in [0.25, 0.3) is 0 Å². The smallest absolute Gasteiger partial charge is 0.348 e. The number of alkyl halides is 2. The zero-order valence-corrected chi connectivity index (χ0v) is 6.85. The largest absolute Gasteiger partial charge is 0.434 e. The monoisotopic (exact) mass is 190 g/mol. The summed E-state index contributed by atoms with van der Waals surface area (Å²) in [4.78, 5) is 7.34. The number of ether oxygens (including phenoxy) is 2. The fourth-order valence-electron chi connectivity index (χ4n) is 0.667. The highest BCUT2D eigenvalue weighted by atomic mass is 19.3. The molecule has 0 radical (unpaired) electrons. The van der Waals surface area contributed by atoms with Gasteiger partial charge in [0.1, 0.15) is 0 Å². The molecule has 0 aliphatic carbocycles. The summed E-state index contributed by atoms with van der Waals surface area (Å²) in [6.07, 6.45) is 1.82. The van der Waals surface area contributed by atoms with E-state index in [4.69, 9.17) is 4.74 Å². The predicted octanol–water partition coefficient (Wildman–Crippen LogP) is 1.44. The zero-order valence-electron chi connectivity index (χ0n) is 6.85. The molecule has 0 saturated heterocycles. The van der Waals surface area contributed by atoms with Crippen LogP contribution in [0.15, 0.2) is 18.5 Å². The normalized spacial score (nSPS) is 12.9. The molecule has 0 amide bonds. The van der Waals surface area contributed by atoms with E-state index in [1.165, 1.54) is 19.3 Å². The maximum absolute atomic E-state index is 11.6. The molecule has 0 N–H and O–H groups in total. The van der Waals surface area contributed by atoms with Gasteiger partial charge in [0, 0.05) is 12.4 Å². The average Bonchev–Trinajstić information content (AvgIpc) is 2.04. The van der Waals surface area contributed by atoms with Gasteiger partial charge in [0.05, 0.1) is 0 Å². The Bertz CT molecular complexity index is 246. The first-order chi connectivity index (χ1) is 6.18. The Kier molecular flexibility index (Phi) is 3.51. The highest BCUT2D eigenvalue weighted by Gasteiger charge is 2.11. The van der Waals surface area contributed by atoms with Crippen molar-refractivity contribution in [3.63, 3.8) is 0 Å². The van der Waals surface area contributed by atoms with E-state index < -0.39 is 12.9 Å². The van der Waals surface area contributed by atoms with Gasteiger partial charge in [0.15, 0.2) is 0 Å². The van der Waals surface area contributed by atoms with Gasteiger partial charge >= 0.3 is 12.6 Å². The van der Waals surface area contributed by atoms with Gasteiger partial charge in [-0.3, -0.25) is 4.74 Å². The molecule has 4 nitrogen and oxygen atoms in total. The lowest BCUT2D eigenvalue weighted by Crippen LogP contribution is -2.20. The molecule has 1 atom stereocenters. The van der Waals surface area contributed by atoms with Crippen LogP contribution in [0, 0.1) is 0 Å². The summed E-state index contributed by atoms with van der Waals surface area (Å²) >= 11 is 0. The summed E-state index contributed by atoms with van der Waals surface area (Å²) < 4.78 is 32.1. The van der Waals surface area contributed by atoms with Crippen molar-refractivity contribution in [1.82, 2.24) is 9.97 Å². The molecule has 0 aliphatic heterocycles. The topological polar surface area (TPSA) is 44.2 Å². The van der Waals surface area contributed by atoms with E-state index in [2.05, 4.69) is 14.7 Å². The number of nitrogens with zero attached hydrogens (tertiary/aromatic N) is 2. The van der Waals surface area contributed by atoms with Crippen LogP contribution in [-0.2, 0) is 4.74 Å². The lowest BCUT2D eigenvalue weighted by Gasteiger charge is -2.12. The first-order valence-electron chi connectivity index (χ1n) is 3.56. The fourth-order valence-corrected chi connectivity index (χ4v) is 0.667. The third kappa shape index (κ3) is 3.75. The minimum Gasteiger partial charge on any atom is -0.434 e. The van der Waals surface area contributed by atoms with Crippen LogP contribution < -0.4 is 4.74 Å². The minimum absolute atomic E-state index is 0.00986. The van der Waals surface area contributed by atoms with E-state index >= 15 is 0 Å². The van der Waals surface area contributed by atoms with Crippen molar-refractivity contribution in [2.45, 2.75) is 19.8 Å². The van der Waals surface area contributed by atoms with Crippen molar-refractivity contribution in [1.29, 1.82) is 0 Å². The second-order valence-electron chi connectivity index (χ2n) is 2.11.